The second-order valence-electron chi connectivity index (χ2n) is 5.42. The summed E-state index contributed by atoms with van der Waals surface area (Å²) in [5, 5.41) is 5.78. The summed E-state index contributed by atoms with van der Waals surface area (Å²) < 4.78 is 54.6. The topological polar surface area (TPSA) is 124 Å². The van der Waals surface area contributed by atoms with E-state index in [0.717, 1.165) is 16.7 Å². The average molecular weight is 410 g/mol. The van der Waals surface area contributed by atoms with E-state index in [4.69, 9.17) is 0 Å². The number of pyridine rings is 1. The first-order chi connectivity index (χ1) is 13.3. The average Bonchev–Trinajstić information content (AvgIpc) is 3.03. The monoisotopic (exact) mass is 410 g/mol. The maximum absolute atomic E-state index is 12.8. The van der Waals surface area contributed by atoms with Crippen LogP contribution in [0.1, 0.15) is 0 Å². The highest BCUT2D eigenvalue weighted by atomic mass is 32.2. The van der Waals surface area contributed by atoms with Gasteiger partial charge in [0.05, 0.1) is 10.6 Å². The second kappa shape index (κ2) is 7.68. The molecule has 146 valence electrons. The van der Waals surface area contributed by atoms with Crippen LogP contribution < -0.4 is 11.1 Å². The standard InChI is InChI=1S/C16H12F2N4O5S/c17-15(18)28(25,26)12-7-2-1-5-10(12)20-13(23)9-22-14(21-27-16(22)24)11-6-3-4-8-19-11/h1-8,15H,9H2,(H,20,23). The first-order valence-corrected chi connectivity index (χ1v) is 9.24. The van der Waals surface area contributed by atoms with Gasteiger partial charge in [0, 0.05) is 6.20 Å². The number of aromatic nitrogens is 3. The van der Waals surface area contributed by atoms with E-state index in [1.165, 1.54) is 24.4 Å². The van der Waals surface area contributed by atoms with Gasteiger partial charge in [-0.15, -0.1) is 0 Å². The summed E-state index contributed by atoms with van der Waals surface area (Å²) in [6.07, 6.45) is 1.45. The number of nitrogens with one attached hydrogen (secondary N) is 1. The van der Waals surface area contributed by atoms with Crippen LogP contribution in [0.3, 0.4) is 0 Å². The Balaban J connectivity index is 1.88. The van der Waals surface area contributed by atoms with E-state index >= 15 is 0 Å². The summed E-state index contributed by atoms with van der Waals surface area (Å²) in [4.78, 5) is 27.4. The quantitative estimate of drug-likeness (QED) is 0.653. The van der Waals surface area contributed by atoms with Gasteiger partial charge in [-0.3, -0.25) is 14.3 Å². The molecule has 0 spiro atoms. The predicted molar refractivity (Wildman–Crippen MR) is 92.3 cm³/mol. The van der Waals surface area contributed by atoms with Gasteiger partial charge in [-0.05, 0) is 24.3 Å². The normalized spacial score (nSPS) is 11.5. The molecule has 1 amide bonds. The van der Waals surface area contributed by atoms with Gasteiger partial charge in [0.1, 0.15) is 12.2 Å². The number of carbonyl (C=O) groups is 1. The zero-order valence-corrected chi connectivity index (χ0v) is 14.8. The number of nitrogens with zero attached hydrogens (tertiary/aromatic N) is 3. The summed E-state index contributed by atoms with van der Waals surface area (Å²) in [7, 11) is -4.93. The molecule has 0 bridgehead atoms. The first kappa shape index (κ1) is 19.4. The SMILES string of the molecule is O=C(Cn1c(-c2ccccn2)noc1=O)Nc1ccccc1S(=O)(=O)C(F)F. The molecule has 0 saturated carbocycles. The summed E-state index contributed by atoms with van der Waals surface area (Å²) in [5.41, 5.74) is -0.0708. The third kappa shape index (κ3) is 3.81. The van der Waals surface area contributed by atoms with E-state index in [9.17, 15) is 26.8 Å². The number of rotatable bonds is 6. The Hall–Kier alpha value is -3.41. The number of benzene rings is 1. The molecule has 0 atom stereocenters. The Labute approximate surface area is 156 Å². The fourth-order valence-electron chi connectivity index (χ4n) is 2.33. The van der Waals surface area contributed by atoms with Crippen LogP contribution >= 0.6 is 0 Å². The fraction of sp³-hybridized carbons (Fsp3) is 0.125. The van der Waals surface area contributed by atoms with Gasteiger partial charge in [-0.2, -0.15) is 8.78 Å². The largest absolute Gasteiger partial charge is 0.442 e. The third-order valence-electron chi connectivity index (χ3n) is 3.58. The van der Waals surface area contributed by atoms with E-state index in [1.54, 1.807) is 12.1 Å². The highest BCUT2D eigenvalue weighted by Gasteiger charge is 2.29. The lowest BCUT2D eigenvalue weighted by atomic mass is 10.3. The van der Waals surface area contributed by atoms with E-state index in [2.05, 4.69) is 20.0 Å². The molecule has 0 aliphatic rings. The molecule has 12 heteroatoms. The van der Waals surface area contributed by atoms with Crippen LogP contribution in [-0.4, -0.2) is 34.8 Å². The summed E-state index contributed by atoms with van der Waals surface area (Å²) in [6, 6.07) is 9.53. The second-order valence-corrected chi connectivity index (χ2v) is 7.31. The molecule has 3 rings (SSSR count). The van der Waals surface area contributed by atoms with Crippen molar-refractivity contribution in [2.24, 2.45) is 0 Å². The molecule has 2 aromatic heterocycles. The molecule has 0 unspecified atom stereocenters. The molecule has 1 N–H and O–H groups in total. The molecule has 0 aliphatic carbocycles. The van der Waals surface area contributed by atoms with Crippen molar-refractivity contribution in [2.75, 3.05) is 5.32 Å². The lowest BCUT2D eigenvalue weighted by Gasteiger charge is -2.11. The molecular weight excluding hydrogens is 398 g/mol. The molecule has 1 aromatic carbocycles. The molecular formula is C16H12F2N4O5S. The Morgan fingerprint density at radius 2 is 1.89 bits per heavy atom. The zero-order valence-electron chi connectivity index (χ0n) is 14.0. The van der Waals surface area contributed by atoms with Crippen LogP contribution in [0.5, 0.6) is 0 Å². The lowest BCUT2D eigenvalue weighted by Crippen LogP contribution is -2.26. The predicted octanol–water partition coefficient (Wildman–Crippen LogP) is 1.53. The van der Waals surface area contributed by atoms with Crippen LogP contribution in [-0.2, 0) is 21.2 Å². The van der Waals surface area contributed by atoms with Crippen molar-refractivity contribution in [3.63, 3.8) is 0 Å². The maximum Gasteiger partial charge on any atom is 0.442 e. The summed E-state index contributed by atoms with van der Waals surface area (Å²) in [5.74, 6) is -5.46. The van der Waals surface area contributed by atoms with Crippen molar-refractivity contribution in [3.05, 3.63) is 59.2 Å². The number of carbonyl (C=O) groups excluding carboxylic acids is 1. The Kier molecular flexibility index (Phi) is 5.31. The highest BCUT2D eigenvalue weighted by Crippen LogP contribution is 2.26. The van der Waals surface area contributed by atoms with Gasteiger partial charge < -0.3 is 5.32 Å². The molecule has 0 saturated heterocycles. The summed E-state index contributed by atoms with van der Waals surface area (Å²) >= 11 is 0. The molecule has 9 nitrogen and oxygen atoms in total. The van der Waals surface area contributed by atoms with Crippen molar-refractivity contribution >= 4 is 21.4 Å². The van der Waals surface area contributed by atoms with Crippen LogP contribution in [0.25, 0.3) is 11.5 Å². The molecule has 0 aliphatic heterocycles. The number of amides is 1. The maximum atomic E-state index is 12.8. The lowest BCUT2D eigenvalue weighted by molar-refractivity contribution is -0.116. The minimum Gasteiger partial charge on any atom is -0.323 e. The molecule has 0 fully saturated rings. The molecule has 3 aromatic rings. The van der Waals surface area contributed by atoms with Gasteiger partial charge in [0.25, 0.3) is 0 Å². The third-order valence-corrected chi connectivity index (χ3v) is 5.02. The number of hydrogen-bond donors (Lipinski definition) is 1. The Bertz CT molecular complexity index is 1160. The fourth-order valence-corrected chi connectivity index (χ4v) is 3.22. The number of anilines is 1. The van der Waals surface area contributed by atoms with Crippen molar-refractivity contribution < 1.29 is 26.5 Å². The smallest absolute Gasteiger partial charge is 0.323 e. The van der Waals surface area contributed by atoms with Crippen LogP contribution in [0, 0.1) is 0 Å². The first-order valence-electron chi connectivity index (χ1n) is 7.69. The Morgan fingerprint density at radius 1 is 1.18 bits per heavy atom. The zero-order chi connectivity index (χ0) is 20.3. The number of hydrogen-bond acceptors (Lipinski definition) is 7. The summed E-state index contributed by atoms with van der Waals surface area (Å²) in [6.45, 7) is -0.600. The molecule has 2 heterocycles. The van der Waals surface area contributed by atoms with Gasteiger partial charge >= 0.3 is 11.5 Å². The van der Waals surface area contributed by atoms with Gasteiger partial charge in [0.15, 0.2) is 0 Å². The van der Waals surface area contributed by atoms with E-state index in [-0.39, 0.29) is 17.2 Å². The number of alkyl halides is 2. The van der Waals surface area contributed by atoms with Crippen molar-refractivity contribution in [2.45, 2.75) is 17.2 Å². The number of sulfone groups is 1. The molecule has 28 heavy (non-hydrogen) atoms. The Morgan fingerprint density at radius 3 is 2.57 bits per heavy atom. The minimum absolute atomic E-state index is 0.0192. The highest BCUT2D eigenvalue weighted by molar-refractivity contribution is 7.91. The van der Waals surface area contributed by atoms with Crippen LogP contribution in [0.15, 0.2) is 62.9 Å². The minimum atomic E-state index is -4.93. The van der Waals surface area contributed by atoms with Crippen LogP contribution in [0.4, 0.5) is 14.5 Å². The van der Waals surface area contributed by atoms with E-state index in [1.807, 2.05) is 0 Å². The van der Waals surface area contributed by atoms with Gasteiger partial charge in [-0.1, -0.05) is 23.4 Å². The van der Waals surface area contributed by atoms with Crippen molar-refractivity contribution in [1.82, 2.24) is 14.7 Å². The van der Waals surface area contributed by atoms with Crippen molar-refractivity contribution in [3.8, 4) is 11.5 Å². The van der Waals surface area contributed by atoms with Gasteiger partial charge in [0.2, 0.25) is 21.6 Å². The van der Waals surface area contributed by atoms with E-state index < -0.39 is 38.7 Å². The van der Waals surface area contributed by atoms with Crippen molar-refractivity contribution in [1.29, 1.82) is 0 Å². The van der Waals surface area contributed by atoms with Crippen LogP contribution in [0.2, 0.25) is 0 Å². The molecule has 0 radical (unpaired) electrons. The van der Waals surface area contributed by atoms with E-state index in [0.29, 0.717) is 0 Å². The number of halogens is 2. The number of para-hydroxylation sites is 1. The van der Waals surface area contributed by atoms with Gasteiger partial charge in [-0.25, -0.2) is 17.8 Å².